The summed E-state index contributed by atoms with van der Waals surface area (Å²) in [6.45, 7) is 2.22. The summed E-state index contributed by atoms with van der Waals surface area (Å²) < 4.78 is 16.1. The zero-order chi connectivity index (χ0) is 14.1. The summed E-state index contributed by atoms with van der Waals surface area (Å²) in [5.74, 6) is -0.447. The van der Waals surface area contributed by atoms with Crippen molar-refractivity contribution in [1.82, 2.24) is 0 Å². The van der Waals surface area contributed by atoms with Gasteiger partial charge in [0.1, 0.15) is 5.75 Å². The van der Waals surface area contributed by atoms with Crippen LogP contribution in [-0.4, -0.2) is 44.6 Å². The lowest BCUT2D eigenvalue weighted by molar-refractivity contribution is 0.0643. The Hall–Kier alpha value is -1.11. The van der Waals surface area contributed by atoms with Gasteiger partial charge >= 0.3 is 5.97 Å². The second kappa shape index (κ2) is 8.90. The first-order chi connectivity index (χ1) is 9.15. The third kappa shape index (κ3) is 6.04. The maximum Gasteiger partial charge on any atom is 0.336 e. The van der Waals surface area contributed by atoms with E-state index >= 15 is 0 Å². The van der Waals surface area contributed by atoms with Crippen molar-refractivity contribution in [2.24, 2.45) is 0 Å². The van der Waals surface area contributed by atoms with Crippen LogP contribution in [0.3, 0.4) is 0 Å². The summed E-state index contributed by atoms with van der Waals surface area (Å²) in [5.41, 5.74) is 0.189. The van der Waals surface area contributed by atoms with Crippen molar-refractivity contribution in [3.8, 4) is 5.75 Å². The van der Waals surface area contributed by atoms with E-state index in [-0.39, 0.29) is 5.56 Å². The largest absolute Gasteiger partial charge is 0.493 e. The van der Waals surface area contributed by atoms with Gasteiger partial charge in [-0.2, -0.15) is 0 Å². The molecule has 0 saturated heterocycles. The van der Waals surface area contributed by atoms with E-state index in [1.807, 2.05) is 0 Å². The Balaban J connectivity index is 2.30. The predicted molar refractivity (Wildman–Crippen MR) is 73.9 cm³/mol. The van der Waals surface area contributed by atoms with E-state index in [9.17, 15) is 4.79 Å². The highest BCUT2D eigenvalue weighted by Crippen LogP contribution is 2.22. The molecule has 0 aromatic heterocycles. The zero-order valence-corrected chi connectivity index (χ0v) is 12.3. The SMILES string of the molecule is COCCOCCCOc1ccc(Br)c(C(=O)O)c1. The molecule has 0 unspecified atom stereocenters. The maximum absolute atomic E-state index is 10.9. The molecule has 6 heteroatoms. The molecule has 1 rings (SSSR count). The molecule has 19 heavy (non-hydrogen) atoms. The van der Waals surface area contributed by atoms with Crippen molar-refractivity contribution < 1.29 is 24.1 Å². The van der Waals surface area contributed by atoms with Crippen molar-refractivity contribution >= 4 is 21.9 Å². The lowest BCUT2D eigenvalue weighted by atomic mass is 10.2. The molecule has 5 nitrogen and oxygen atoms in total. The molecule has 1 aromatic rings. The third-order valence-corrected chi connectivity index (χ3v) is 2.99. The fraction of sp³-hybridized carbons (Fsp3) is 0.462. The number of carboxylic acids is 1. The van der Waals surface area contributed by atoms with Gasteiger partial charge in [-0.3, -0.25) is 0 Å². The highest BCUT2D eigenvalue weighted by molar-refractivity contribution is 9.10. The van der Waals surface area contributed by atoms with Crippen LogP contribution >= 0.6 is 15.9 Å². The fourth-order valence-electron chi connectivity index (χ4n) is 1.35. The van der Waals surface area contributed by atoms with Gasteiger partial charge in [0.25, 0.3) is 0 Å². The van der Waals surface area contributed by atoms with E-state index in [4.69, 9.17) is 19.3 Å². The van der Waals surface area contributed by atoms with Crippen LogP contribution in [0.4, 0.5) is 0 Å². The van der Waals surface area contributed by atoms with Gasteiger partial charge in [-0.1, -0.05) is 0 Å². The molecule has 0 fully saturated rings. The molecule has 0 saturated carbocycles. The Bertz CT molecular complexity index is 408. The fourth-order valence-corrected chi connectivity index (χ4v) is 1.77. The van der Waals surface area contributed by atoms with Gasteiger partial charge in [0, 0.05) is 24.6 Å². The van der Waals surface area contributed by atoms with Gasteiger partial charge < -0.3 is 19.3 Å². The number of hydrogen-bond acceptors (Lipinski definition) is 4. The van der Waals surface area contributed by atoms with Crippen LogP contribution in [0.5, 0.6) is 5.75 Å². The molecule has 0 spiro atoms. The van der Waals surface area contributed by atoms with Gasteiger partial charge in [0.2, 0.25) is 0 Å². The molecule has 1 aromatic carbocycles. The predicted octanol–water partition coefficient (Wildman–Crippen LogP) is 2.58. The van der Waals surface area contributed by atoms with Crippen molar-refractivity contribution in [2.45, 2.75) is 6.42 Å². The van der Waals surface area contributed by atoms with Crippen LogP contribution < -0.4 is 4.74 Å². The van der Waals surface area contributed by atoms with Crippen LogP contribution in [0.15, 0.2) is 22.7 Å². The van der Waals surface area contributed by atoms with Gasteiger partial charge in [-0.05, 0) is 34.1 Å². The van der Waals surface area contributed by atoms with Crippen molar-refractivity contribution in [2.75, 3.05) is 33.5 Å². The molecule has 0 aliphatic carbocycles. The maximum atomic E-state index is 10.9. The highest BCUT2D eigenvalue weighted by Gasteiger charge is 2.09. The summed E-state index contributed by atoms with van der Waals surface area (Å²) in [7, 11) is 1.63. The first-order valence-corrected chi connectivity index (χ1v) is 6.66. The molecular formula is C13H17BrO5. The van der Waals surface area contributed by atoms with Crippen LogP contribution in [0.2, 0.25) is 0 Å². The van der Waals surface area contributed by atoms with E-state index in [2.05, 4.69) is 15.9 Å². The van der Waals surface area contributed by atoms with Gasteiger partial charge in [-0.25, -0.2) is 4.79 Å². The normalized spacial score (nSPS) is 10.4. The van der Waals surface area contributed by atoms with Gasteiger partial charge in [-0.15, -0.1) is 0 Å². The summed E-state index contributed by atoms with van der Waals surface area (Å²) >= 11 is 3.18. The third-order valence-electron chi connectivity index (χ3n) is 2.30. The standard InChI is InChI=1S/C13H17BrO5/c1-17-7-8-18-5-2-6-19-10-3-4-12(14)11(9-10)13(15)16/h3-4,9H,2,5-8H2,1H3,(H,15,16). The number of benzene rings is 1. The average Bonchev–Trinajstić information content (AvgIpc) is 2.39. The molecule has 0 atom stereocenters. The molecule has 0 heterocycles. The number of carboxylic acid groups (broad SMARTS) is 1. The molecule has 0 radical (unpaired) electrons. The number of halogens is 1. The highest BCUT2D eigenvalue weighted by atomic mass is 79.9. The van der Waals surface area contributed by atoms with Gasteiger partial charge in [0.05, 0.1) is 25.4 Å². The second-order valence-electron chi connectivity index (χ2n) is 3.75. The first-order valence-electron chi connectivity index (χ1n) is 5.87. The van der Waals surface area contributed by atoms with Crippen molar-refractivity contribution in [3.05, 3.63) is 28.2 Å². The van der Waals surface area contributed by atoms with Crippen molar-refractivity contribution in [3.63, 3.8) is 0 Å². The lowest BCUT2D eigenvalue weighted by Crippen LogP contribution is -2.07. The number of methoxy groups -OCH3 is 1. The van der Waals surface area contributed by atoms with Crippen molar-refractivity contribution in [1.29, 1.82) is 0 Å². The minimum atomic E-state index is -0.986. The molecule has 106 valence electrons. The van der Waals surface area contributed by atoms with Crippen LogP contribution in [0.1, 0.15) is 16.8 Å². The van der Waals surface area contributed by atoms with E-state index in [1.165, 1.54) is 6.07 Å². The number of hydrogen-bond donors (Lipinski definition) is 1. The van der Waals surface area contributed by atoms with E-state index in [1.54, 1.807) is 19.2 Å². The van der Waals surface area contributed by atoms with Crippen LogP contribution in [-0.2, 0) is 9.47 Å². The minimum absolute atomic E-state index is 0.189. The summed E-state index contributed by atoms with van der Waals surface area (Å²) in [5, 5.41) is 8.96. The molecule has 1 N–H and O–H groups in total. The minimum Gasteiger partial charge on any atom is -0.493 e. The average molecular weight is 333 g/mol. The molecule has 0 aliphatic rings. The molecule has 0 amide bonds. The Labute approximate surface area is 120 Å². The molecular weight excluding hydrogens is 316 g/mol. The number of aromatic carboxylic acids is 1. The lowest BCUT2D eigenvalue weighted by Gasteiger charge is -2.08. The smallest absolute Gasteiger partial charge is 0.336 e. The van der Waals surface area contributed by atoms with Gasteiger partial charge in [0.15, 0.2) is 0 Å². The Morgan fingerprint density at radius 3 is 2.74 bits per heavy atom. The second-order valence-corrected chi connectivity index (χ2v) is 4.61. The number of ether oxygens (including phenoxy) is 3. The first kappa shape index (κ1) is 15.9. The molecule has 0 bridgehead atoms. The van der Waals surface area contributed by atoms with E-state index in [0.717, 1.165) is 6.42 Å². The number of rotatable bonds is 9. The zero-order valence-electron chi connectivity index (χ0n) is 10.7. The van der Waals surface area contributed by atoms with Crippen LogP contribution in [0, 0.1) is 0 Å². The quantitative estimate of drug-likeness (QED) is 0.704. The van der Waals surface area contributed by atoms with Crippen LogP contribution in [0.25, 0.3) is 0 Å². The van der Waals surface area contributed by atoms with E-state index < -0.39 is 5.97 Å². The molecule has 0 aliphatic heterocycles. The Morgan fingerprint density at radius 1 is 1.26 bits per heavy atom. The van der Waals surface area contributed by atoms with E-state index in [0.29, 0.717) is 36.6 Å². The number of carbonyl (C=O) groups is 1. The summed E-state index contributed by atoms with van der Waals surface area (Å²) in [4.78, 5) is 10.9. The monoisotopic (exact) mass is 332 g/mol. The topological polar surface area (TPSA) is 65.0 Å². The summed E-state index contributed by atoms with van der Waals surface area (Å²) in [6.07, 6.45) is 0.738. The Kier molecular flexibility index (Phi) is 7.47. The Morgan fingerprint density at radius 2 is 2.05 bits per heavy atom. The summed E-state index contributed by atoms with van der Waals surface area (Å²) in [6, 6.07) is 4.88.